The molecule has 0 bridgehead atoms. The average molecular weight is 510 g/mol. The number of fused-ring (bicyclic) bond motifs is 3. The lowest BCUT2D eigenvalue weighted by Gasteiger charge is -2.21. The molecule has 4 aromatic rings. The van der Waals surface area contributed by atoms with Crippen molar-refractivity contribution in [3.05, 3.63) is 105 Å². The van der Waals surface area contributed by atoms with Crippen LogP contribution in [0.4, 0.5) is 0 Å². The minimum absolute atomic E-state index is 1.10. The van der Waals surface area contributed by atoms with Crippen molar-refractivity contribution < 1.29 is 0 Å². The van der Waals surface area contributed by atoms with Crippen molar-refractivity contribution in [2.45, 2.75) is 25.7 Å². The first kappa shape index (κ1) is 19.1. The predicted octanol–water partition coefficient (Wildman–Crippen LogP) is 9.12. The van der Waals surface area contributed by atoms with E-state index in [2.05, 4.69) is 114 Å². The van der Waals surface area contributed by atoms with Gasteiger partial charge >= 0.3 is 0 Å². The van der Waals surface area contributed by atoms with Crippen LogP contribution < -0.4 is 0 Å². The monoisotopic (exact) mass is 510 g/mol. The molecule has 2 aliphatic carbocycles. The summed E-state index contributed by atoms with van der Waals surface area (Å²) in [4.78, 5) is 0. The first-order valence-corrected chi connectivity index (χ1v) is 12.2. The van der Waals surface area contributed by atoms with Gasteiger partial charge in [0.1, 0.15) is 0 Å². The lowest BCUT2D eigenvalue weighted by atomic mass is 9.83. The number of hydrogen-bond donors (Lipinski definition) is 0. The fourth-order valence-electron chi connectivity index (χ4n) is 5.19. The van der Waals surface area contributed by atoms with Crippen LogP contribution in [-0.4, -0.2) is 0 Å². The number of hydrogen-bond acceptors (Lipinski definition) is 0. The largest absolute Gasteiger partial charge is 0.0836 e. The van der Waals surface area contributed by atoms with Crippen molar-refractivity contribution >= 4 is 55.8 Å². The predicted molar refractivity (Wildman–Crippen MR) is 144 cm³/mol. The Balaban J connectivity index is 1.71. The third-order valence-corrected chi connectivity index (χ3v) is 7.56. The Morgan fingerprint density at radius 2 is 1.32 bits per heavy atom. The zero-order valence-corrected chi connectivity index (χ0v) is 19.5. The molecule has 0 aromatic heterocycles. The van der Waals surface area contributed by atoms with E-state index in [9.17, 15) is 0 Å². The third-order valence-electron chi connectivity index (χ3n) is 6.66. The third kappa shape index (κ3) is 3.27. The molecule has 0 nitrogen and oxygen atoms in total. The maximum absolute atomic E-state index is 2.46. The zero-order chi connectivity index (χ0) is 20.8. The van der Waals surface area contributed by atoms with E-state index < -0.39 is 0 Å². The lowest BCUT2D eigenvalue weighted by molar-refractivity contribution is 0.986. The molecule has 0 aliphatic heterocycles. The molecule has 0 amide bonds. The van der Waals surface area contributed by atoms with Gasteiger partial charge in [0, 0.05) is 0 Å². The maximum Gasteiger partial charge on any atom is -0.00263 e. The molecule has 4 aromatic carbocycles. The first-order valence-electron chi connectivity index (χ1n) is 11.1. The van der Waals surface area contributed by atoms with Crippen LogP contribution in [0.5, 0.6) is 0 Å². The summed E-state index contributed by atoms with van der Waals surface area (Å²) >= 11 is 2.46. The molecular formula is C30H23I. The summed E-state index contributed by atoms with van der Waals surface area (Å²) in [7, 11) is 0. The van der Waals surface area contributed by atoms with Crippen molar-refractivity contribution in [3.63, 3.8) is 0 Å². The quantitative estimate of drug-likeness (QED) is 0.186. The first-order chi connectivity index (χ1) is 15.3. The van der Waals surface area contributed by atoms with E-state index in [1.165, 1.54) is 58.5 Å². The zero-order valence-electron chi connectivity index (χ0n) is 17.4. The van der Waals surface area contributed by atoms with E-state index in [1.54, 1.807) is 0 Å². The van der Waals surface area contributed by atoms with Crippen LogP contribution in [0.1, 0.15) is 36.0 Å². The van der Waals surface area contributed by atoms with Gasteiger partial charge in [0.2, 0.25) is 0 Å². The van der Waals surface area contributed by atoms with Gasteiger partial charge in [-0.3, -0.25) is 0 Å². The van der Waals surface area contributed by atoms with Crippen molar-refractivity contribution in [1.82, 2.24) is 0 Å². The number of aryl methyl sites for hydroxylation is 1. The van der Waals surface area contributed by atoms with E-state index >= 15 is 0 Å². The van der Waals surface area contributed by atoms with E-state index in [1.807, 2.05) is 0 Å². The average Bonchev–Trinajstić information content (AvgIpc) is 2.83. The summed E-state index contributed by atoms with van der Waals surface area (Å²) in [5.74, 6) is 0. The highest BCUT2D eigenvalue weighted by Crippen LogP contribution is 2.44. The highest BCUT2D eigenvalue weighted by molar-refractivity contribution is 14.1. The van der Waals surface area contributed by atoms with Crippen molar-refractivity contribution in [3.8, 4) is 11.1 Å². The summed E-state index contributed by atoms with van der Waals surface area (Å²) in [5, 5.41) is 5.44. The van der Waals surface area contributed by atoms with Crippen LogP contribution >= 0.6 is 22.6 Å². The van der Waals surface area contributed by atoms with Gasteiger partial charge in [0.05, 0.1) is 0 Å². The Kier molecular flexibility index (Phi) is 4.80. The maximum atomic E-state index is 2.46. The highest BCUT2D eigenvalue weighted by atomic mass is 127. The smallest absolute Gasteiger partial charge is 0.00263 e. The summed E-state index contributed by atoms with van der Waals surface area (Å²) in [6.07, 6.45) is 13.7. The number of benzene rings is 4. The molecular weight excluding hydrogens is 487 g/mol. The molecule has 0 atom stereocenters. The Morgan fingerprint density at radius 3 is 1.97 bits per heavy atom. The second-order valence-corrected chi connectivity index (χ2v) is 9.89. The van der Waals surface area contributed by atoms with Gasteiger partial charge in [-0.1, -0.05) is 91.0 Å². The van der Waals surface area contributed by atoms with Gasteiger partial charge in [-0.25, -0.2) is 0 Å². The molecule has 0 unspecified atom stereocenters. The van der Waals surface area contributed by atoms with Gasteiger partial charge in [-0.05, 0) is 107 Å². The molecule has 0 fully saturated rings. The molecule has 1 heteroatoms. The fourth-order valence-corrected chi connectivity index (χ4v) is 5.64. The standard InChI is InChI=1S/C30H23I/c31-24-17-15-21(16-18-24)29-25-9-3-5-11-27(25)30(28-12-6-4-10-26(28)29)23-14-13-20-7-1-2-8-22(20)19-23/h1,3-7,9-15,17,19H,2,8,16,18H2. The van der Waals surface area contributed by atoms with E-state index in [4.69, 9.17) is 0 Å². The summed E-state index contributed by atoms with van der Waals surface area (Å²) in [6, 6.07) is 25.0. The minimum atomic E-state index is 1.10. The Hall–Kier alpha value is -2.65. The second kappa shape index (κ2) is 7.80. The van der Waals surface area contributed by atoms with E-state index in [0.29, 0.717) is 0 Å². The van der Waals surface area contributed by atoms with Crippen LogP contribution in [-0.2, 0) is 6.42 Å². The molecule has 0 saturated heterocycles. The minimum Gasteiger partial charge on any atom is -0.0836 e. The van der Waals surface area contributed by atoms with Gasteiger partial charge < -0.3 is 0 Å². The second-order valence-electron chi connectivity index (χ2n) is 8.50. The molecule has 0 heterocycles. The summed E-state index contributed by atoms with van der Waals surface area (Å²) in [6.45, 7) is 0. The summed E-state index contributed by atoms with van der Waals surface area (Å²) in [5.41, 5.74) is 8.40. The van der Waals surface area contributed by atoms with Crippen LogP contribution in [0, 0.1) is 0 Å². The van der Waals surface area contributed by atoms with Crippen molar-refractivity contribution in [2.75, 3.05) is 0 Å². The SMILES string of the molecule is IC1=CC=C(c2c3ccccc3c(-c3ccc4c(c3)CCC=C4)c3ccccc23)CC1. The van der Waals surface area contributed by atoms with Gasteiger partial charge in [0.15, 0.2) is 0 Å². The number of halogens is 1. The van der Waals surface area contributed by atoms with Gasteiger partial charge in [0.25, 0.3) is 0 Å². The molecule has 0 N–H and O–H groups in total. The number of rotatable bonds is 2. The fraction of sp³-hybridized carbons (Fsp3) is 0.133. The summed E-state index contributed by atoms with van der Waals surface area (Å²) < 4.78 is 1.44. The van der Waals surface area contributed by atoms with Crippen molar-refractivity contribution in [1.29, 1.82) is 0 Å². The lowest BCUT2D eigenvalue weighted by Crippen LogP contribution is -1.98. The molecule has 0 saturated carbocycles. The van der Waals surface area contributed by atoms with Crippen LogP contribution in [0.2, 0.25) is 0 Å². The Labute approximate surface area is 197 Å². The topological polar surface area (TPSA) is 0 Å². The Morgan fingerprint density at radius 1 is 0.645 bits per heavy atom. The van der Waals surface area contributed by atoms with Crippen LogP contribution in [0.25, 0.3) is 44.3 Å². The normalized spacial score (nSPS) is 15.6. The molecule has 2 aliphatic rings. The van der Waals surface area contributed by atoms with Crippen LogP contribution in [0.3, 0.4) is 0 Å². The highest BCUT2D eigenvalue weighted by Gasteiger charge is 2.19. The number of allylic oxidation sites excluding steroid dienone is 5. The molecule has 31 heavy (non-hydrogen) atoms. The van der Waals surface area contributed by atoms with E-state index in [0.717, 1.165) is 25.7 Å². The van der Waals surface area contributed by atoms with Gasteiger partial charge in [-0.15, -0.1) is 0 Å². The Bertz CT molecular complexity index is 1380. The van der Waals surface area contributed by atoms with E-state index in [-0.39, 0.29) is 0 Å². The molecule has 0 radical (unpaired) electrons. The molecule has 0 spiro atoms. The van der Waals surface area contributed by atoms with Gasteiger partial charge in [-0.2, -0.15) is 0 Å². The molecule has 6 rings (SSSR count). The van der Waals surface area contributed by atoms with Crippen LogP contribution in [0.15, 0.2) is 88.5 Å². The molecule has 150 valence electrons. The van der Waals surface area contributed by atoms with Crippen molar-refractivity contribution in [2.24, 2.45) is 0 Å².